The van der Waals surface area contributed by atoms with Gasteiger partial charge in [0.25, 0.3) is 5.91 Å². The number of halogens is 1. The van der Waals surface area contributed by atoms with E-state index in [-0.39, 0.29) is 5.91 Å². The summed E-state index contributed by atoms with van der Waals surface area (Å²) in [7, 11) is 1.55. The molecule has 0 unspecified atom stereocenters. The Morgan fingerprint density at radius 2 is 1.86 bits per heavy atom. The summed E-state index contributed by atoms with van der Waals surface area (Å²) in [5, 5.41) is 3.43. The molecular weight excluding hydrogens is 302 g/mol. The summed E-state index contributed by atoms with van der Waals surface area (Å²) >= 11 is 5.82. The SMILES string of the molecule is CCCOc1ccc(C(=O)Nc2ccc(Cl)cc2)cc1OC. The summed E-state index contributed by atoms with van der Waals surface area (Å²) < 4.78 is 10.8. The Kier molecular flexibility index (Phi) is 5.67. The van der Waals surface area contributed by atoms with Gasteiger partial charge in [0.2, 0.25) is 0 Å². The van der Waals surface area contributed by atoms with Crippen LogP contribution >= 0.6 is 11.6 Å². The summed E-state index contributed by atoms with van der Waals surface area (Å²) in [6.07, 6.45) is 0.905. The van der Waals surface area contributed by atoms with Crippen LogP contribution in [0, 0.1) is 0 Å². The Morgan fingerprint density at radius 3 is 2.50 bits per heavy atom. The fourth-order valence-electron chi connectivity index (χ4n) is 1.88. The molecule has 0 aromatic heterocycles. The third-order valence-corrected chi connectivity index (χ3v) is 3.24. The third-order valence-electron chi connectivity index (χ3n) is 2.99. The highest BCUT2D eigenvalue weighted by Gasteiger charge is 2.11. The number of amides is 1. The molecule has 2 rings (SSSR count). The second kappa shape index (κ2) is 7.71. The Morgan fingerprint density at radius 1 is 1.14 bits per heavy atom. The molecule has 0 radical (unpaired) electrons. The number of ether oxygens (including phenoxy) is 2. The first-order valence-corrected chi connectivity index (χ1v) is 7.39. The lowest BCUT2D eigenvalue weighted by molar-refractivity contribution is 0.102. The smallest absolute Gasteiger partial charge is 0.255 e. The lowest BCUT2D eigenvalue weighted by Crippen LogP contribution is -2.12. The van der Waals surface area contributed by atoms with Gasteiger partial charge in [-0.2, -0.15) is 0 Å². The molecule has 0 aliphatic heterocycles. The number of anilines is 1. The molecule has 4 nitrogen and oxygen atoms in total. The number of benzene rings is 2. The first-order chi connectivity index (χ1) is 10.6. The van der Waals surface area contributed by atoms with Crippen molar-refractivity contribution in [3.8, 4) is 11.5 Å². The van der Waals surface area contributed by atoms with Gasteiger partial charge in [-0.15, -0.1) is 0 Å². The van der Waals surface area contributed by atoms with E-state index in [0.29, 0.717) is 34.4 Å². The maximum Gasteiger partial charge on any atom is 0.255 e. The van der Waals surface area contributed by atoms with E-state index < -0.39 is 0 Å². The number of rotatable bonds is 6. The Hall–Kier alpha value is -2.20. The number of carbonyl (C=O) groups is 1. The van der Waals surface area contributed by atoms with Crippen LogP contribution in [0.1, 0.15) is 23.7 Å². The van der Waals surface area contributed by atoms with Crippen molar-refractivity contribution in [3.05, 3.63) is 53.1 Å². The van der Waals surface area contributed by atoms with Crippen molar-refractivity contribution < 1.29 is 14.3 Å². The molecule has 0 saturated carbocycles. The molecule has 0 fully saturated rings. The van der Waals surface area contributed by atoms with Crippen molar-refractivity contribution in [3.63, 3.8) is 0 Å². The van der Waals surface area contributed by atoms with Crippen molar-refractivity contribution in [2.75, 3.05) is 19.0 Å². The molecule has 0 spiro atoms. The van der Waals surface area contributed by atoms with E-state index in [4.69, 9.17) is 21.1 Å². The molecule has 0 aliphatic carbocycles. The second-order valence-electron chi connectivity index (χ2n) is 4.68. The summed E-state index contributed by atoms with van der Waals surface area (Å²) in [5.74, 6) is 0.951. The van der Waals surface area contributed by atoms with E-state index in [9.17, 15) is 4.79 Å². The molecule has 0 atom stereocenters. The van der Waals surface area contributed by atoms with Gasteiger partial charge in [0.1, 0.15) is 0 Å². The molecule has 0 bridgehead atoms. The summed E-state index contributed by atoms with van der Waals surface area (Å²) in [4.78, 5) is 12.3. The molecule has 0 saturated heterocycles. The summed E-state index contributed by atoms with van der Waals surface area (Å²) in [5.41, 5.74) is 1.18. The summed E-state index contributed by atoms with van der Waals surface area (Å²) in [6.45, 7) is 2.63. The zero-order valence-corrected chi connectivity index (χ0v) is 13.3. The normalized spacial score (nSPS) is 10.1. The van der Waals surface area contributed by atoms with Gasteiger partial charge in [0.05, 0.1) is 13.7 Å². The van der Waals surface area contributed by atoms with E-state index in [1.165, 1.54) is 0 Å². The molecule has 1 N–H and O–H groups in total. The van der Waals surface area contributed by atoms with Crippen molar-refractivity contribution in [1.82, 2.24) is 0 Å². The van der Waals surface area contributed by atoms with E-state index >= 15 is 0 Å². The lowest BCUT2D eigenvalue weighted by Gasteiger charge is -2.12. The number of carbonyl (C=O) groups excluding carboxylic acids is 1. The predicted octanol–water partition coefficient (Wildman–Crippen LogP) is 4.39. The zero-order chi connectivity index (χ0) is 15.9. The Bertz CT molecular complexity index is 641. The standard InChI is InChI=1S/C17H18ClNO3/c1-3-10-22-15-9-4-12(11-16(15)21-2)17(20)19-14-7-5-13(18)6-8-14/h4-9,11H,3,10H2,1-2H3,(H,19,20). The van der Waals surface area contributed by atoms with Gasteiger partial charge in [-0.3, -0.25) is 4.79 Å². The molecule has 1 amide bonds. The molecule has 2 aromatic rings. The van der Waals surface area contributed by atoms with Crippen LogP contribution in [0.15, 0.2) is 42.5 Å². The van der Waals surface area contributed by atoms with E-state index in [1.807, 2.05) is 6.92 Å². The molecule has 0 aliphatic rings. The number of hydrogen-bond acceptors (Lipinski definition) is 3. The number of nitrogens with one attached hydrogen (secondary N) is 1. The third kappa shape index (κ3) is 4.15. The van der Waals surface area contributed by atoms with Crippen LogP contribution < -0.4 is 14.8 Å². The van der Waals surface area contributed by atoms with Crippen molar-refractivity contribution in [1.29, 1.82) is 0 Å². The van der Waals surface area contributed by atoms with Gasteiger partial charge in [0.15, 0.2) is 11.5 Å². The fraction of sp³-hybridized carbons (Fsp3) is 0.235. The number of methoxy groups -OCH3 is 1. The Labute approximate surface area is 135 Å². The largest absolute Gasteiger partial charge is 0.493 e. The lowest BCUT2D eigenvalue weighted by atomic mass is 10.2. The molecule has 5 heteroatoms. The highest BCUT2D eigenvalue weighted by atomic mass is 35.5. The van der Waals surface area contributed by atoms with Gasteiger partial charge >= 0.3 is 0 Å². The number of hydrogen-bond donors (Lipinski definition) is 1. The quantitative estimate of drug-likeness (QED) is 0.859. The van der Waals surface area contributed by atoms with Gasteiger partial charge in [-0.05, 0) is 48.9 Å². The minimum atomic E-state index is -0.220. The highest BCUT2D eigenvalue weighted by molar-refractivity contribution is 6.30. The van der Waals surface area contributed by atoms with Gasteiger partial charge in [0, 0.05) is 16.3 Å². The fourth-order valence-corrected chi connectivity index (χ4v) is 2.00. The average Bonchev–Trinajstić information content (AvgIpc) is 2.54. The van der Waals surface area contributed by atoms with Crippen molar-refractivity contribution in [2.45, 2.75) is 13.3 Å². The molecule has 22 heavy (non-hydrogen) atoms. The summed E-state index contributed by atoms with van der Waals surface area (Å²) in [6, 6.07) is 12.0. The predicted molar refractivity (Wildman–Crippen MR) is 88.2 cm³/mol. The maximum absolute atomic E-state index is 12.3. The van der Waals surface area contributed by atoms with Crippen LogP contribution in [-0.4, -0.2) is 19.6 Å². The average molecular weight is 320 g/mol. The molecule has 0 heterocycles. The Balaban J connectivity index is 2.13. The van der Waals surface area contributed by atoms with E-state index in [1.54, 1.807) is 49.6 Å². The monoisotopic (exact) mass is 319 g/mol. The van der Waals surface area contributed by atoms with Gasteiger partial charge in [-0.25, -0.2) is 0 Å². The molecule has 116 valence electrons. The maximum atomic E-state index is 12.3. The minimum Gasteiger partial charge on any atom is -0.493 e. The first kappa shape index (κ1) is 16.2. The molecular formula is C17H18ClNO3. The van der Waals surface area contributed by atoms with Crippen LogP contribution in [0.5, 0.6) is 11.5 Å². The minimum absolute atomic E-state index is 0.220. The van der Waals surface area contributed by atoms with E-state index in [0.717, 1.165) is 6.42 Å². The highest BCUT2D eigenvalue weighted by Crippen LogP contribution is 2.28. The van der Waals surface area contributed by atoms with Crippen LogP contribution in [0.3, 0.4) is 0 Å². The topological polar surface area (TPSA) is 47.6 Å². The van der Waals surface area contributed by atoms with Crippen molar-refractivity contribution >= 4 is 23.2 Å². The van der Waals surface area contributed by atoms with Crippen LogP contribution in [0.2, 0.25) is 5.02 Å². The van der Waals surface area contributed by atoms with Crippen molar-refractivity contribution in [2.24, 2.45) is 0 Å². The second-order valence-corrected chi connectivity index (χ2v) is 5.11. The first-order valence-electron chi connectivity index (χ1n) is 7.01. The van der Waals surface area contributed by atoms with E-state index in [2.05, 4.69) is 5.32 Å². The van der Waals surface area contributed by atoms with Gasteiger partial charge in [-0.1, -0.05) is 18.5 Å². The van der Waals surface area contributed by atoms with Gasteiger partial charge < -0.3 is 14.8 Å². The van der Waals surface area contributed by atoms with Crippen LogP contribution in [-0.2, 0) is 0 Å². The zero-order valence-electron chi connectivity index (χ0n) is 12.6. The van der Waals surface area contributed by atoms with Crippen LogP contribution in [0.4, 0.5) is 5.69 Å². The van der Waals surface area contributed by atoms with Crippen LogP contribution in [0.25, 0.3) is 0 Å². The molecule has 2 aromatic carbocycles.